The Balaban J connectivity index is 1.82. The molecule has 122 valence electrons. The van der Waals surface area contributed by atoms with Crippen LogP contribution in [-0.2, 0) is 0 Å². The van der Waals surface area contributed by atoms with Crippen molar-refractivity contribution in [3.63, 3.8) is 0 Å². The van der Waals surface area contributed by atoms with Crippen molar-refractivity contribution in [1.82, 2.24) is 25.5 Å². The molecule has 0 aliphatic heterocycles. The highest BCUT2D eigenvalue weighted by Gasteiger charge is 2.19. The van der Waals surface area contributed by atoms with Crippen LogP contribution in [0, 0.1) is 5.92 Å². The van der Waals surface area contributed by atoms with Crippen LogP contribution in [0.3, 0.4) is 0 Å². The zero-order valence-electron chi connectivity index (χ0n) is 13.6. The van der Waals surface area contributed by atoms with Crippen molar-refractivity contribution in [2.75, 3.05) is 0 Å². The van der Waals surface area contributed by atoms with E-state index < -0.39 is 0 Å². The van der Waals surface area contributed by atoms with Crippen LogP contribution in [0.1, 0.15) is 35.8 Å². The monoisotopic (exact) mass is 321 g/mol. The first kappa shape index (κ1) is 15.9. The van der Waals surface area contributed by atoms with Gasteiger partial charge in [-0.2, -0.15) is 0 Å². The second-order valence-electron chi connectivity index (χ2n) is 5.91. The van der Waals surface area contributed by atoms with Gasteiger partial charge in [-0.05, 0) is 40.1 Å². The molecule has 6 nitrogen and oxygen atoms in total. The van der Waals surface area contributed by atoms with Crippen LogP contribution in [0.15, 0.2) is 60.9 Å². The summed E-state index contributed by atoms with van der Waals surface area (Å²) in [7, 11) is 0. The fraction of sp³-hybridized carbons (Fsp3) is 0.222. The van der Waals surface area contributed by atoms with Gasteiger partial charge in [-0.3, -0.25) is 4.79 Å². The molecule has 0 bridgehead atoms. The lowest BCUT2D eigenvalue weighted by Gasteiger charge is -2.23. The van der Waals surface area contributed by atoms with Crippen molar-refractivity contribution in [3.05, 3.63) is 72.1 Å². The van der Waals surface area contributed by atoms with E-state index in [0.29, 0.717) is 5.56 Å². The summed E-state index contributed by atoms with van der Waals surface area (Å²) in [6.07, 6.45) is 1.50. The van der Waals surface area contributed by atoms with E-state index in [0.717, 1.165) is 11.3 Å². The number of benzene rings is 2. The molecule has 3 aromatic rings. The van der Waals surface area contributed by atoms with Gasteiger partial charge in [-0.25, -0.2) is 4.68 Å². The molecular weight excluding hydrogens is 302 g/mol. The SMILES string of the molecule is CC(C)C(NC(=O)c1cccc(-n2cnnn2)c1)c1ccccc1. The van der Waals surface area contributed by atoms with Gasteiger partial charge >= 0.3 is 0 Å². The van der Waals surface area contributed by atoms with Crippen molar-refractivity contribution in [2.45, 2.75) is 19.9 Å². The van der Waals surface area contributed by atoms with Crippen molar-refractivity contribution >= 4 is 5.91 Å². The molecule has 0 spiro atoms. The molecule has 0 saturated heterocycles. The second-order valence-corrected chi connectivity index (χ2v) is 5.91. The highest BCUT2D eigenvalue weighted by Crippen LogP contribution is 2.22. The first-order valence-corrected chi connectivity index (χ1v) is 7.84. The zero-order valence-corrected chi connectivity index (χ0v) is 13.6. The molecule has 0 saturated carbocycles. The summed E-state index contributed by atoms with van der Waals surface area (Å²) in [5.74, 6) is 0.159. The highest BCUT2D eigenvalue weighted by molar-refractivity contribution is 5.95. The number of carbonyl (C=O) groups excluding carboxylic acids is 1. The lowest BCUT2D eigenvalue weighted by atomic mass is 9.95. The van der Waals surface area contributed by atoms with Gasteiger partial charge in [0.1, 0.15) is 6.33 Å². The van der Waals surface area contributed by atoms with Gasteiger partial charge in [0, 0.05) is 5.56 Å². The number of hydrogen-bond donors (Lipinski definition) is 1. The predicted octanol–water partition coefficient (Wildman–Crippen LogP) is 2.79. The van der Waals surface area contributed by atoms with Gasteiger partial charge in [-0.1, -0.05) is 50.2 Å². The molecule has 0 aliphatic rings. The average Bonchev–Trinajstić information content (AvgIpc) is 3.15. The molecule has 0 fully saturated rings. The summed E-state index contributed by atoms with van der Waals surface area (Å²) in [6, 6.07) is 17.2. The van der Waals surface area contributed by atoms with Gasteiger partial charge < -0.3 is 5.32 Å². The Hall–Kier alpha value is -3.02. The highest BCUT2D eigenvalue weighted by atomic mass is 16.1. The number of hydrogen-bond acceptors (Lipinski definition) is 4. The largest absolute Gasteiger partial charge is 0.345 e. The minimum Gasteiger partial charge on any atom is -0.345 e. The Bertz CT molecular complexity index is 799. The van der Waals surface area contributed by atoms with E-state index in [-0.39, 0.29) is 17.9 Å². The second kappa shape index (κ2) is 7.04. The molecule has 24 heavy (non-hydrogen) atoms. The fourth-order valence-electron chi connectivity index (χ4n) is 2.59. The van der Waals surface area contributed by atoms with E-state index in [2.05, 4.69) is 34.7 Å². The summed E-state index contributed by atoms with van der Waals surface area (Å²) in [4.78, 5) is 12.7. The number of carbonyl (C=O) groups is 1. The summed E-state index contributed by atoms with van der Waals surface area (Å²) < 4.78 is 1.52. The van der Waals surface area contributed by atoms with Crippen LogP contribution in [0.4, 0.5) is 0 Å². The molecule has 1 aromatic heterocycles. The van der Waals surface area contributed by atoms with Crippen molar-refractivity contribution in [2.24, 2.45) is 5.92 Å². The number of nitrogens with zero attached hydrogens (tertiary/aromatic N) is 4. The third kappa shape index (κ3) is 3.48. The van der Waals surface area contributed by atoms with Crippen LogP contribution < -0.4 is 5.32 Å². The normalized spacial score (nSPS) is 12.1. The van der Waals surface area contributed by atoms with E-state index in [9.17, 15) is 4.79 Å². The Kier molecular flexibility index (Phi) is 4.65. The van der Waals surface area contributed by atoms with Gasteiger partial charge in [0.25, 0.3) is 5.91 Å². The van der Waals surface area contributed by atoms with Gasteiger partial charge in [0.2, 0.25) is 0 Å². The van der Waals surface area contributed by atoms with Gasteiger partial charge in [0.05, 0.1) is 11.7 Å². The topological polar surface area (TPSA) is 72.7 Å². The molecule has 1 unspecified atom stereocenters. The molecule has 0 aliphatic carbocycles. The number of tetrazole rings is 1. The molecule has 1 heterocycles. The third-order valence-electron chi connectivity index (χ3n) is 3.83. The molecule has 1 N–H and O–H groups in total. The summed E-state index contributed by atoms with van der Waals surface area (Å²) in [6.45, 7) is 4.19. The van der Waals surface area contributed by atoms with Crippen molar-refractivity contribution in [1.29, 1.82) is 0 Å². The van der Waals surface area contributed by atoms with Crippen LogP contribution >= 0.6 is 0 Å². The maximum absolute atomic E-state index is 12.7. The summed E-state index contributed by atoms with van der Waals surface area (Å²) in [5.41, 5.74) is 2.41. The average molecular weight is 321 g/mol. The molecule has 2 aromatic carbocycles. The summed E-state index contributed by atoms with van der Waals surface area (Å²) in [5, 5.41) is 14.2. The molecule has 1 amide bonds. The first-order valence-electron chi connectivity index (χ1n) is 7.84. The predicted molar refractivity (Wildman–Crippen MR) is 90.6 cm³/mol. The molecule has 6 heteroatoms. The maximum Gasteiger partial charge on any atom is 0.251 e. The van der Waals surface area contributed by atoms with Crippen LogP contribution in [-0.4, -0.2) is 26.1 Å². The number of nitrogens with one attached hydrogen (secondary N) is 1. The van der Waals surface area contributed by atoms with E-state index in [1.165, 1.54) is 11.0 Å². The van der Waals surface area contributed by atoms with Crippen LogP contribution in [0.5, 0.6) is 0 Å². The smallest absolute Gasteiger partial charge is 0.251 e. The Morgan fingerprint density at radius 3 is 2.54 bits per heavy atom. The maximum atomic E-state index is 12.7. The van der Waals surface area contributed by atoms with E-state index in [4.69, 9.17) is 0 Å². The molecule has 0 radical (unpaired) electrons. The standard InChI is InChI=1S/C18H19N5O/c1-13(2)17(14-7-4-3-5-8-14)20-18(24)15-9-6-10-16(11-15)23-12-19-21-22-23/h3-13,17H,1-2H3,(H,20,24). The van der Waals surface area contributed by atoms with E-state index in [1.807, 2.05) is 42.5 Å². The van der Waals surface area contributed by atoms with Gasteiger partial charge in [-0.15, -0.1) is 5.10 Å². The Morgan fingerprint density at radius 1 is 1.08 bits per heavy atom. The molecular formula is C18H19N5O. The fourth-order valence-corrected chi connectivity index (χ4v) is 2.59. The van der Waals surface area contributed by atoms with Crippen molar-refractivity contribution in [3.8, 4) is 5.69 Å². The lowest BCUT2D eigenvalue weighted by Crippen LogP contribution is -2.31. The van der Waals surface area contributed by atoms with E-state index in [1.54, 1.807) is 12.1 Å². The van der Waals surface area contributed by atoms with Gasteiger partial charge in [0.15, 0.2) is 0 Å². The Labute approximate surface area is 140 Å². The molecule has 1 atom stereocenters. The zero-order chi connectivity index (χ0) is 16.9. The third-order valence-corrected chi connectivity index (χ3v) is 3.83. The van der Waals surface area contributed by atoms with Crippen LogP contribution in [0.2, 0.25) is 0 Å². The molecule has 3 rings (SSSR count). The minimum absolute atomic E-state index is 0.0459. The summed E-state index contributed by atoms with van der Waals surface area (Å²) >= 11 is 0. The van der Waals surface area contributed by atoms with E-state index >= 15 is 0 Å². The quantitative estimate of drug-likeness (QED) is 0.784. The van der Waals surface area contributed by atoms with Crippen LogP contribution in [0.25, 0.3) is 5.69 Å². The lowest BCUT2D eigenvalue weighted by molar-refractivity contribution is 0.0925. The minimum atomic E-state index is -0.118. The first-order chi connectivity index (χ1) is 11.6. The number of rotatable bonds is 5. The van der Waals surface area contributed by atoms with Crippen molar-refractivity contribution < 1.29 is 4.79 Å². The number of aromatic nitrogens is 4. The number of amides is 1. The Morgan fingerprint density at radius 2 is 1.88 bits per heavy atom.